The summed E-state index contributed by atoms with van der Waals surface area (Å²) in [6.45, 7) is 4.65. The third-order valence-electron chi connectivity index (χ3n) is 11.9. The largest absolute Gasteiger partial charge is 0.228 e. The monoisotopic (exact) mass is 758 g/mol. The molecule has 0 saturated carbocycles. The summed E-state index contributed by atoms with van der Waals surface area (Å²) >= 11 is 1.86. The predicted molar refractivity (Wildman–Crippen MR) is 245 cm³/mol. The van der Waals surface area contributed by atoms with Gasteiger partial charge in [-0.15, -0.1) is 11.3 Å². The maximum absolute atomic E-state index is 5.35. The average molecular weight is 759 g/mol. The van der Waals surface area contributed by atoms with Crippen LogP contribution < -0.4 is 0 Å². The summed E-state index contributed by atoms with van der Waals surface area (Å²) in [5, 5.41) is 2.58. The van der Waals surface area contributed by atoms with Crippen LogP contribution in [0.4, 0.5) is 0 Å². The Morgan fingerprint density at radius 1 is 0.362 bits per heavy atom. The molecule has 274 valence electrons. The highest BCUT2D eigenvalue weighted by atomic mass is 32.1. The minimum Gasteiger partial charge on any atom is -0.228 e. The standard InChI is InChI=1S/C55H38N2S/c1-55(2)48-25-11-9-21-44(48)47-33-39(27-28-49(47)55)50-34-51(57-54(56-50)36-17-7-4-8-18-36)42-31-40(38-20-13-19-37(29-38)35-15-5-3-6-16-35)30-41(32-42)43-23-14-24-46-45-22-10-12-26-52(45)58-53(43)46/h3-34H,1-2H3. The molecule has 2 heterocycles. The lowest BCUT2D eigenvalue weighted by atomic mass is 9.82. The molecule has 2 nitrogen and oxygen atoms in total. The van der Waals surface area contributed by atoms with Gasteiger partial charge >= 0.3 is 0 Å². The van der Waals surface area contributed by atoms with Crippen molar-refractivity contribution in [1.82, 2.24) is 9.97 Å². The second-order valence-electron chi connectivity index (χ2n) is 15.8. The molecular weight excluding hydrogens is 721 g/mol. The van der Waals surface area contributed by atoms with Gasteiger partial charge in [-0.1, -0.05) is 166 Å². The van der Waals surface area contributed by atoms with Crippen molar-refractivity contribution in [1.29, 1.82) is 0 Å². The number of hydrogen-bond acceptors (Lipinski definition) is 3. The van der Waals surface area contributed by atoms with Crippen molar-refractivity contribution in [3.05, 3.63) is 205 Å². The second kappa shape index (κ2) is 13.6. The highest BCUT2D eigenvalue weighted by Gasteiger charge is 2.35. The number of benzene rings is 8. The lowest BCUT2D eigenvalue weighted by Gasteiger charge is -2.21. The number of rotatable bonds is 6. The van der Waals surface area contributed by atoms with Gasteiger partial charge in [0.1, 0.15) is 0 Å². The molecule has 0 fully saturated rings. The van der Waals surface area contributed by atoms with Gasteiger partial charge in [0, 0.05) is 42.3 Å². The van der Waals surface area contributed by atoms with Gasteiger partial charge in [0.2, 0.25) is 0 Å². The van der Waals surface area contributed by atoms with E-state index in [1.807, 2.05) is 17.4 Å². The van der Waals surface area contributed by atoms with E-state index in [0.717, 1.165) is 44.8 Å². The van der Waals surface area contributed by atoms with Gasteiger partial charge in [-0.25, -0.2) is 9.97 Å². The molecule has 0 bridgehead atoms. The zero-order valence-electron chi connectivity index (χ0n) is 32.3. The molecule has 0 saturated heterocycles. The second-order valence-corrected chi connectivity index (χ2v) is 16.8. The van der Waals surface area contributed by atoms with Crippen LogP contribution in [-0.4, -0.2) is 9.97 Å². The Hall–Kier alpha value is -6.94. The zero-order valence-corrected chi connectivity index (χ0v) is 33.1. The van der Waals surface area contributed by atoms with Crippen LogP contribution in [0.25, 0.3) is 98.6 Å². The van der Waals surface area contributed by atoms with Crippen LogP contribution in [0.1, 0.15) is 25.0 Å². The molecule has 10 aromatic rings. The smallest absolute Gasteiger partial charge is 0.160 e. The van der Waals surface area contributed by atoms with Gasteiger partial charge in [0.25, 0.3) is 0 Å². The Bertz CT molecular complexity index is 3190. The van der Waals surface area contributed by atoms with Gasteiger partial charge in [-0.05, 0) is 98.1 Å². The molecule has 0 atom stereocenters. The number of nitrogens with zero attached hydrogens (tertiary/aromatic N) is 2. The summed E-state index contributed by atoms with van der Waals surface area (Å²) in [6, 6.07) is 70.2. The van der Waals surface area contributed by atoms with Crippen molar-refractivity contribution in [2.45, 2.75) is 19.3 Å². The van der Waals surface area contributed by atoms with Crippen molar-refractivity contribution in [2.24, 2.45) is 0 Å². The first kappa shape index (κ1) is 34.3. The number of thiophene rings is 1. The van der Waals surface area contributed by atoms with E-state index < -0.39 is 0 Å². The Morgan fingerprint density at radius 3 is 1.76 bits per heavy atom. The third kappa shape index (κ3) is 5.78. The Labute approximate surface area is 342 Å². The van der Waals surface area contributed by atoms with E-state index in [1.54, 1.807) is 0 Å². The highest BCUT2D eigenvalue weighted by molar-refractivity contribution is 7.26. The van der Waals surface area contributed by atoms with E-state index in [2.05, 4.69) is 202 Å². The normalized spacial score (nSPS) is 12.8. The van der Waals surface area contributed by atoms with Crippen LogP contribution in [0, 0.1) is 0 Å². The topological polar surface area (TPSA) is 25.8 Å². The summed E-state index contributed by atoms with van der Waals surface area (Å²) < 4.78 is 2.59. The van der Waals surface area contributed by atoms with Gasteiger partial charge in [0.15, 0.2) is 5.82 Å². The van der Waals surface area contributed by atoms with Gasteiger partial charge < -0.3 is 0 Å². The Morgan fingerprint density at radius 2 is 0.931 bits per heavy atom. The molecule has 0 amide bonds. The summed E-state index contributed by atoms with van der Waals surface area (Å²) in [4.78, 5) is 10.6. The number of hydrogen-bond donors (Lipinski definition) is 0. The average Bonchev–Trinajstić information content (AvgIpc) is 3.78. The molecule has 8 aromatic carbocycles. The van der Waals surface area contributed by atoms with E-state index in [0.29, 0.717) is 5.82 Å². The molecule has 0 N–H and O–H groups in total. The molecule has 0 unspecified atom stereocenters. The van der Waals surface area contributed by atoms with E-state index in [9.17, 15) is 0 Å². The van der Waals surface area contributed by atoms with E-state index in [4.69, 9.17) is 9.97 Å². The minimum absolute atomic E-state index is 0.0671. The van der Waals surface area contributed by atoms with Gasteiger partial charge in [-0.3, -0.25) is 0 Å². The molecule has 0 aliphatic heterocycles. The highest BCUT2D eigenvalue weighted by Crippen LogP contribution is 2.50. The summed E-state index contributed by atoms with van der Waals surface area (Å²) in [6.07, 6.45) is 0. The fourth-order valence-electron chi connectivity index (χ4n) is 8.92. The lowest BCUT2D eigenvalue weighted by Crippen LogP contribution is -2.14. The summed E-state index contributed by atoms with van der Waals surface area (Å²) in [5.41, 5.74) is 17.2. The molecule has 2 aromatic heterocycles. The quantitative estimate of drug-likeness (QED) is 0.169. The van der Waals surface area contributed by atoms with Crippen LogP contribution in [0.5, 0.6) is 0 Å². The first-order valence-corrected chi connectivity index (χ1v) is 20.7. The van der Waals surface area contributed by atoms with Gasteiger partial charge in [-0.2, -0.15) is 0 Å². The van der Waals surface area contributed by atoms with E-state index in [1.165, 1.54) is 59.1 Å². The van der Waals surface area contributed by atoms with Crippen molar-refractivity contribution in [3.63, 3.8) is 0 Å². The SMILES string of the molecule is CC1(C)c2ccccc2-c2cc(-c3cc(-c4cc(-c5cccc(-c6ccccc6)c5)cc(-c5cccc6c5sc5ccccc56)c4)nc(-c4ccccc4)n3)ccc21. The molecule has 1 aliphatic carbocycles. The van der Waals surface area contributed by atoms with E-state index in [-0.39, 0.29) is 5.41 Å². The minimum atomic E-state index is -0.0671. The fourth-order valence-corrected chi connectivity index (χ4v) is 10.2. The lowest BCUT2D eigenvalue weighted by molar-refractivity contribution is 0.660. The van der Waals surface area contributed by atoms with Crippen molar-refractivity contribution >= 4 is 31.5 Å². The van der Waals surface area contributed by atoms with Crippen molar-refractivity contribution < 1.29 is 0 Å². The first-order valence-electron chi connectivity index (χ1n) is 19.9. The molecule has 1 aliphatic rings. The molecule has 11 rings (SSSR count). The Kier molecular flexibility index (Phi) is 8.06. The summed E-state index contributed by atoms with van der Waals surface area (Å²) in [7, 11) is 0. The van der Waals surface area contributed by atoms with Crippen molar-refractivity contribution in [3.8, 4) is 78.4 Å². The zero-order chi connectivity index (χ0) is 38.8. The molecule has 0 spiro atoms. The fraction of sp³-hybridized carbons (Fsp3) is 0.0545. The van der Waals surface area contributed by atoms with Crippen LogP contribution >= 0.6 is 11.3 Å². The van der Waals surface area contributed by atoms with Crippen LogP contribution in [0.3, 0.4) is 0 Å². The third-order valence-corrected chi connectivity index (χ3v) is 13.1. The van der Waals surface area contributed by atoms with Crippen LogP contribution in [0.15, 0.2) is 194 Å². The van der Waals surface area contributed by atoms with Gasteiger partial charge in [0.05, 0.1) is 11.4 Å². The maximum atomic E-state index is 5.35. The van der Waals surface area contributed by atoms with Crippen LogP contribution in [-0.2, 0) is 5.41 Å². The Balaban J connectivity index is 1.14. The molecule has 58 heavy (non-hydrogen) atoms. The summed E-state index contributed by atoms with van der Waals surface area (Å²) in [5.74, 6) is 0.707. The molecule has 3 heteroatoms. The molecule has 0 radical (unpaired) electrons. The maximum Gasteiger partial charge on any atom is 0.160 e. The van der Waals surface area contributed by atoms with Crippen molar-refractivity contribution in [2.75, 3.05) is 0 Å². The number of aromatic nitrogens is 2. The number of fused-ring (bicyclic) bond motifs is 6. The van der Waals surface area contributed by atoms with Crippen LogP contribution in [0.2, 0.25) is 0 Å². The van der Waals surface area contributed by atoms with E-state index >= 15 is 0 Å². The first-order chi connectivity index (χ1) is 28.5. The molecular formula is C55H38N2S. The predicted octanol–water partition coefficient (Wildman–Crippen LogP) is 15.2.